The van der Waals surface area contributed by atoms with Crippen molar-refractivity contribution in [1.82, 2.24) is 14.8 Å². The first-order valence-corrected chi connectivity index (χ1v) is 6.20. The molecule has 1 aliphatic rings. The Labute approximate surface area is 95.8 Å². The van der Waals surface area contributed by atoms with Crippen LogP contribution in [0.1, 0.15) is 44.9 Å². The highest BCUT2D eigenvalue weighted by molar-refractivity contribution is 6.16. The van der Waals surface area contributed by atoms with Gasteiger partial charge in [-0.15, -0.1) is 21.8 Å². The second kappa shape index (κ2) is 4.52. The summed E-state index contributed by atoms with van der Waals surface area (Å²) in [5.74, 6) is 1.35. The van der Waals surface area contributed by atoms with Crippen LogP contribution >= 0.6 is 11.6 Å². The van der Waals surface area contributed by atoms with Gasteiger partial charge in [-0.3, -0.25) is 0 Å². The number of rotatable bonds is 3. The van der Waals surface area contributed by atoms with E-state index in [1.54, 1.807) is 6.33 Å². The molecule has 1 saturated carbocycles. The molecule has 2 rings (SSSR count). The van der Waals surface area contributed by atoms with Gasteiger partial charge >= 0.3 is 0 Å². The highest BCUT2D eigenvalue weighted by Crippen LogP contribution is 2.37. The summed E-state index contributed by atoms with van der Waals surface area (Å²) in [5.41, 5.74) is 0.418. The first-order valence-electron chi connectivity index (χ1n) is 5.66. The van der Waals surface area contributed by atoms with Gasteiger partial charge in [0.25, 0.3) is 0 Å². The van der Waals surface area contributed by atoms with Crippen molar-refractivity contribution < 1.29 is 0 Å². The molecular formula is C11H18ClN3. The van der Waals surface area contributed by atoms with Crippen molar-refractivity contribution in [1.29, 1.82) is 0 Å². The van der Waals surface area contributed by atoms with Gasteiger partial charge in [0.2, 0.25) is 0 Å². The monoisotopic (exact) mass is 227 g/mol. The lowest BCUT2D eigenvalue weighted by molar-refractivity contribution is 0.181. The molecule has 84 valence electrons. The Hall–Kier alpha value is -0.570. The first kappa shape index (κ1) is 10.9. The zero-order chi connectivity index (χ0) is 10.7. The molecule has 0 saturated heterocycles. The van der Waals surface area contributed by atoms with Gasteiger partial charge in [0.15, 0.2) is 0 Å². The fraction of sp³-hybridized carbons (Fsp3) is 0.818. The standard InChI is InChI=1S/C11H18ClN3/c1-11(5-3-2-4-6-11)8-15-9-13-14-10(15)7-12/h9H,2-8H2,1H3. The predicted octanol–water partition coefficient (Wildman–Crippen LogP) is 2.99. The summed E-state index contributed by atoms with van der Waals surface area (Å²) in [6, 6.07) is 0. The van der Waals surface area contributed by atoms with Gasteiger partial charge in [0.05, 0.1) is 5.88 Å². The molecule has 0 aliphatic heterocycles. The molecular weight excluding hydrogens is 210 g/mol. The Bertz CT molecular complexity index is 315. The van der Waals surface area contributed by atoms with Crippen LogP contribution in [0, 0.1) is 5.41 Å². The Morgan fingerprint density at radius 3 is 2.80 bits per heavy atom. The third kappa shape index (κ3) is 2.51. The third-order valence-electron chi connectivity index (χ3n) is 3.43. The van der Waals surface area contributed by atoms with Crippen LogP contribution in [0.2, 0.25) is 0 Å². The minimum atomic E-state index is 0.418. The van der Waals surface area contributed by atoms with Gasteiger partial charge in [0, 0.05) is 6.54 Å². The number of aromatic nitrogens is 3. The van der Waals surface area contributed by atoms with Crippen LogP contribution in [-0.2, 0) is 12.4 Å². The highest BCUT2D eigenvalue weighted by atomic mass is 35.5. The Kier molecular flexibility index (Phi) is 3.29. The maximum atomic E-state index is 5.81. The fourth-order valence-corrected chi connectivity index (χ4v) is 2.70. The maximum Gasteiger partial charge on any atom is 0.147 e. The van der Waals surface area contributed by atoms with Gasteiger partial charge in [0.1, 0.15) is 12.2 Å². The van der Waals surface area contributed by atoms with Crippen LogP contribution in [0.3, 0.4) is 0 Å². The second-order valence-electron chi connectivity index (χ2n) is 4.88. The number of nitrogens with zero attached hydrogens (tertiary/aromatic N) is 3. The summed E-state index contributed by atoms with van der Waals surface area (Å²) in [6.07, 6.45) is 8.53. The predicted molar refractivity (Wildman–Crippen MR) is 60.8 cm³/mol. The van der Waals surface area contributed by atoms with Crippen LogP contribution in [-0.4, -0.2) is 14.8 Å². The van der Waals surface area contributed by atoms with Crippen molar-refractivity contribution in [3.8, 4) is 0 Å². The zero-order valence-corrected chi connectivity index (χ0v) is 10.0. The van der Waals surface area contributed by atoms with Crippen LogP contribution in [0.5, 0.6) is 0 Å². The molecule has 0 aromatic carbocycles. The van der Waals surface area contributed by atoms with Crippen molar-refractivity contribution in [3.05, 3.63) is 12.2 Å². The van der Waals surface area contributed by atoms with Crippen LogP contribution < -0.4 is 0 Å². The van der Waals surface area contributed by atoms with Crippen molar-refractivity contribution >= 4 is 11.6 Å². The van der Waals surface area contributed by atoms with Gasteiger partial charge < -0.3 is 4.57 Å². The van der Waals surface area contributed by atoms with E-state index < -0.39 is 0 Å². The average molecular weight is 228 g/mol. The largest absolute Gasteiger partial charge is 0.316 e. The molecule has 4 heteroatoms. The van der Waals surface area contributed by atoms with E-state index in [1.165, 1.54) is 32.1 Å². The van der Waals surface area contributed by atoms with E-state index >= 15 is 0 Å². The zero-order valence-electron chi connectivity index (χ0n) is 9.25. The Balaban J connectivity index is 2.06. The smallest absolute Gasteiger partial charge is 0.147 e. The molecule has 0 spiro atoms. The van der Waals surface area contributed by atoms with E-state index in [0.29, 0.717) is 11.3 Å². The van der Waals surface area contributed by atoms with Crippen molar-refractivity contribution in [3.63, 3.8) is 0 Å². The summed E-state index contributed by atoms with van der Waals surface area (Å²) in [6.45, 7) is 3.38. The minimum absolute atomic E-state index is 0.418. The highest BCUT2D eigenvalue weighted by Gasteiger charge is 2.27. The molecule has 1 aromatic rings. The molecule has 1 aromatic heterocycles. The minimum Gasteiger partial charge on any atom is -0.316 e. The molecule has 15 heavy (non-hydrogen) atoms. The van der Waals surface area contributed by atoms with E-state index in [2.05, 4.69) is 21.7 Å². The lowest BCUT2D eigenvalue weighted by atomic mass is 9.75. The number of hydrogen-bond acceptors (Lipinski definition) is 2. The summed E-state index contributed by atoms with van der Waals surface area (Å²) >= 11 is 5.81. The fourth-order valence-electron chi connectivity index (χ4n) is 2.49. The van der Waals surface area contributed by atoms with Crippen molar-refractivity contribution in [2.45, 2.75) is 51.5 Å². The molecule has 3 nitrogen and oxygen atoms in total. The molecule has 0 radical (unpaired) electrons. The molecule has 0 atom stereocenters. The van der Waals surface area contributed by atoms with E-state index in [-0.39, 0.29) is 0 Å². The maximum absolute atomic E-state index is 5.81. The van der Waals surface area contributed by atoms with Gasteiger partial charge in [-0.05, 0) is 18.3 Å². The number of alkyl halides is 1. The van der Waals surface area contributed by atoms with Crippen molar-refractivity contribution in [2.75, 3.05) is 0 Å². The summed E-state index contributed by atoms with van der Waals surface area (Å²) in [7, 11) is 0. The van der Waals surface area contributed by atoms with Gasteiger partial charge in [-0.1, -0.05) is 26.2 Å². The molecule has 0 bridgehead atoms. The molecule has 0 amide bonds. The van der Waals surface area contributed by atoms with E-state index in [9.17, 15) is 0 Å². The number of halogens is 1. The normalized spacial score (nSPS) is 20.4. The van der Waals surface area contributed by atoms with Gasteiger partial charge in [-0.2, -0.15) is 0 Å². The molecule has 0 unspecified atom stereocenters. The second-order valence-corrected chi connectivity index (χ2v) is 5.15. The Morgan fingerprint density at radius 2 is 2.13 bits per heavy atom. The van der Waals surface area contributed by atoms with Gasteiger partial charge in [-0.25, -0.2) is 0 Å². The molecule has 0 N–H and O–H groups in total. The quantitative estimate of drug-likeness (QED) is 0.744. The van der Waals surface area contributed by atoms with E-state index in [0.717, 1.165) is 12.4 Å². The Morgan fingerprint density at radius 1 is 1.40 bits per heavy atom. The third-order valence-corrected chi connectivity index (χ3v) is 3.67. The van der Waals surface area contributed by atoms with Crippen molar-refractivity contribution in [2.24, 2.45) is 5.41 Å². The summed E-state index contributed by atoms with van der Waals surface area (Å²) in [5, 5.41) is 7.93. The van der Waals surface area contributed by atoms with E-state index in [4.69, 9.17) is 11.6 Å². The first-order chi connectivity index (χ1) is 7.23. The SMILES string of the molecule is CC1(Cn2cnnc2CCl)CCCCC1. The average Bonchev–Trinajstić information content (AvgIpc) is 2.65. The van der Waals surface area contributed by atoms with E-state index in [1.807, 2.05) is 0 Å². The lowest BCUT2D eigenvalue weighted by Crippen LogP contribution is -2.26. The topological polar surface area (TPSA) is 30.7 Å². The van der Waals surface area contributed by atoms with Crippen LogP contribution in [0.4, 0.5) is 0 Å². The summed E-state index contributed by atoms with van der Waals surface area (Å²) < 4.78 is 2.11. The summed E-state index contributed by atoms with van der Waals surface area (Å²) in [4.78, 5) is 0. The molecule has 1 heterocycles. The molecule has 1 aliphatic carbocycles. The van der Waals surface area contributed by atoms with Crippen LogP contribution in [0.25, 0.3) is 0 Å². The van der Waals surface area contributed by atoms with Crippen LogP contribution in [0.15, 0.2) is 6.33 Å². The number of hydrogen-bond donors (Lipinski definition) is 0. The molecule has 1 fully saturated rings. The lowest BCUT2D eigenvalue weighted by Gasteiger charge is -2.33.